The van der Waals surface area contributed by atoms with Crippen LogP contribution in [0.2, 0.25) is 0 Å². The molecule has 0 saturated heterocycles. The van der Waals surface area contributed by atoms with Gasteiger partial charge in [-0.2, -0.15) is 5.26 Å². The van der Waals surface area contributed by atoms with Crippen LogP contribution in [0, 0.1) is 14.9 Å². The van der Waals surface area contributed by atoms with Gasteiger partial charge in [0.25, 0.3) is 11.5 Å². The van der Waals surface area contributed by atoms with E-state index >= 15 is 0 Å². The molecule has 3 rings (SSSR count). The first-order valence-corrected chi connectivity index (χ1v) is 8.92. The van der Waals surface area contributed by atoms with Crippen molar-refractivity contribution in [3.05, 3.63) is 61.1 Å². The van der Waals surface area contributed by atoms with Crippen molar-refractivity contribution >= 4 is 34.2 Å². The third-order valence-electron chi connectivity index (χ3n) is 4.17. The number of carbonyl (C=O) groups excluding carboxylic acids is 1. The zero-order chi connectivity index (χ0) is 17.1. The second-order valence-corrected chi connectivity index (χ2v) is 6.91. The lowest BCUT2D eigenvalue weighted by Crippen LogP contribution is -2.37. The van der Waals surface area contributed by atoms with Crippen molar-refractivity contribution in [1.82, 2.24) is 4.98 Å². The monoisotopic (exact) mass is 433 g/mol. The first-order valence-electron chi connectivity index (χ1n) is 7.84. The van der Waals surface area contributed by atoms with Gasteiger partial charge >= 0.3 is 0 Å². The largest absolute Gasteiger partial charge is 0.312 e. The molecule has 1 aliphatic rings. The van der Waals surface area contributed by atoms with E-state index in [1.807, 2.05) is 52.9 Å². The zero-order valence-corrected chi connectivity index (χ0v) is 15.2. The van der Waals surface area contributed by atoms with Crippen LogP contribution in [-0.4, -0.2) is 17.4 Å². The summed E-state index contributed by atoms with van der Waals surface area (Å²) in [4.78, 5) is 29.7. The number of hydrogen-bond donors (Lipinski definition) is 1. The van der Waals surface area contributed by atoms with Gasteiger partial charge < -0.3 is 9.88 Å². The Balaban J connectivity index is 2.12. The van der Waals surface area contributed by atoms with Crippen molar-refractivity contribution in [3.63, 3.8) is 0 Å². The molecule has 1 aromatic carbocycles. The zero-order valence-electron chi connectivity index (χ0n) is 13.0. The van der Waals surface area contributed by atoms with Gasteiger partial charge in [-0.15, -0.1) is 0 Å². The Bertz CT molecular complexity index is 883. The molecule has 1 aliphatic heterocycles. The first-order chi connectivity index (χ1) is 11.6. The summed E-state index contributed by atoms with van der Waals surface area (Å²) in [5.74, 6) is -0.152. The number of halogens is 1. The maximum absolute atomic E-state index is 13.1. The van der Waals surface area contributed by atoms with Crippen molar-refractivity contribution in [2.75, 3.05) is 11.4 Å². The van der Waals surface area contributed by atoms with Crippen molar-refractivity contribution in [2.24, 2.45) is 0 Å². The molecule has 0 fully saturated rings. The van der Waals surface area contributed by atoms with Gasteiger partial charge in [-0.3, -0.25) is 9.59 Å². The highest BCUT2D eigenvalue weighted by atomic mass is 127. The molecule has 5 nitrogen and oxygen atoms in total. The molecule has 2 aromatic rings. The van der Waals surface area contributed by atoms with Gasteiger partial charge in [-0.1, -0.05) is 24.6 Å². The standard InChI is InChI=1S/C18H16IN3O2/c19-15-10-13(11-20)21-17(23)16(15)22-9-5-1-2-6-12-7-3-4-8-14(12)18(22)24/h3-4,7-8,10H,1-2,5-6,9H2,(H,21,23). The minimum absolute atomic E-state index is 0.152. The highest BCUT2D eigenvalue weighted by Crippen LogP contribution is 2.24. The summed E-state index contributed by atoms with van der Waals surface area (Å²) in [7, 11) is 0. The lowest BCUT2D eigenvalue weighted by atomic mass is 10.0. The smallest absolute Gasteiger partial charge is 0.274 e. The number of aryl methyl sites for hydroxylation is 1. The molecule has 1 N–H and O–H groups in total. The third kappa shape index (κ3) is 3.22. The van der Waals surface area contributed by atoms with Crippen molar-refractivity contribution < 1.29 is 4.79 Å². The second kappa shape index (κ2) is 7.18. The number of fused-ring (bicyclic) bond motifs is 1. The molecule has 0 radical (unpaired) electrons. The van der Waals surface area contributed by atoms with Crippen LogP contribution in [0.5, 0.6) is 0 Å². The fourth-order valence-corrected chi connectivity index (χ4v) is 3.85. The number of anilines is 1. The number of amides is 1. The maximum Gasteiger partial charge on any atom is 0.274 e. The summed E-state index contributed by atoms with van der Waals surface area (Å²) in [6, 6.07) is 11.1. The Kier molecular flexibility index (Phi) is 5.00. The normalized spacial score (nSPS) is 15.0. The van der Waals surface area contributed by atoms with E-state index in [1.165, 1.54) is 0 Å². The topological polar surface area (TPSA) is 77.0 Å². The lowest BCUT2D eigenvalue weighted by Gasteiger charge is -2.23. The molecule has 0 saturated carbocycles. The van der Waals surface area contributed by atoms with Crippen molar-refractivity contribution in [2.45, 2.75) is 25.7 Å². The Morgan fingerprint density at radius 3 is 2.71 bits per heavy atom. The molecule has 0 bridgehead atoms. The van der Waals surface area contributed by atoms with Gasteiger partial charge in [0.2, 0.25) is 0 Å². The lowest BCUT2D eigenvalue weighted by molar-refractivity contribution is 0.0986. The van der Waals surface area contributed by atoms with E-state index in [0.717, 1.165) is 31.2 Å². The molecule has 0 unspecified atom stereocenters. The van der Waals surface area contributed by atoms with E-state index in [1.54, 1.807) is 11.0 Å². The predicted octanol–water partition coefficient (Wildman–Crippen LogP) is 3.22. The predicted molar refractivity (Wildman–Crippen MR) is 100 cm³/mol. The Labute approximate surface area is 153 Å². The van der Waals surface area contributed by atoms with Crippen LogP contribution in [0.1, 0.15) is 40.9 Å². The average molecular weight is 433 g/mol. The minimum atomic E-state index is -0.400. The van der Waals surface area contributed by atoms with E-state index in [4.69, 9.17) is 5.26 Å². The van der Waals surface area contributed by atoms with Crippen LogP contribution in [0.4, 0.5) is 5.69 Å². The van der Waals surface area contributed by atoms with E-state index in [2.05, 4.69) is 4.98 Å². The molecule has 0 atom stereocenters. The van der Waals surface area contributed by atoms with E-state index in [0.29, 0.717) is 21.4 Å². The fraction of sp³-hybridized carbons (Fsp3) is 0.278. The summed E-state index contributed by atoms with van der Waals surface area (Å²) < 4.78 is 0.609. The molecule has 0 spiro atoms. The number of aromatic nitrogens is 1. The molecule has 122 valence electrons. The number of nitrogens with zero attached hydrogens (tertiary/aromatic N) is 2. The van der Waals surface area contributed by atoms with E-state index < -0.39 is 5.56 Å². The third-order valence-corrected chi connectivity index (χ3v) is 4.99. The van der Waals surface area contributed by atoms with Crippen LogP contribution in [0.3, 0.4) is 0 Å². The van der Waals surface area contributed by atoms with Crippen molar-refractivity contribution in [1.29, 1.82) is 5.26 Å². The van der Waals surface area contributed by atoms with Crippen LogP contribution in [0.25, 0.3) is 0 Å². The summed E-state index contributed by atoms with van der Waals surface area (Å²) in [5.41, 5.74) is 1.80. The van der Waals surface area contributed by atoms with Crippen LogP contribution in [-0.2, 0) is 6.42 Å². The Hall–Kier alpha value is -2.14. The number of aromatic amines is 1. The molecular weight excluding hydrogens is 417 g/mol. The summed E-state index contributed by atoms with van der Waals surface area (Å²) in [6.45, 7) is 0.498. The number of benzene rings is 1. The number of hydrogen-bond acceptors (Lipinski definition) is 3. The number of rotatable bonds is 1. The molecule has 2 heterocycles. The van der Waals surface area contributed by atoms with Gasteiger partial charge in [-0.05, 0) is 59.5 Å². The van der Waals surface area contributed by atoms with Gasteiger partial charge in [0.1, 0.15) is 17.5 Å². The van der Waals surface area contributed by atoms with Crippen molar-refractivity contribution in [3.8, 4) is 6.07 Å². The van der Waals surface area contributed by atoms with Crippen LogP contribution < -0.4 is 10.5 Å². The second-order valence-electron chi connectivity index (χ2n) is 5.75. The number of H-pyrrole nitrogens is 1. The van der Waals surface area contributed by atoms with Crippen LogP contribution >= 0.6 is 22.6 Å². The molecule has 1 aromatic heterocycles. The minimum Gasteiger partial charge on any atom is -0.312 e. The summed E-state index contributed by atoms with van der Waals surface area (Å²) in [6.07, 6.45) is 3.74. The number of nitrogens with one attached hydrogen (secondary N) is 1. The Morgan fingerprint density at radius 1 is 1.17 bits per heavy atom. The van der Waals surface area contributed by atoms with Gasteiger partial charge in [0.05, 0.1) is 0 Å². The molecule has 6 heteroatoms. The molecular formula is C18H16IN3O2. The van der Waals surface area contributed by atoms with E-state index in [9.17, 15) is 9.59 Å². The maximum atomic E-state index is 13.1. The highest BCUT2D eigenvalue weighted by Gasteiger charge is 2.25. The SMILES string of the molecule is N#Cc1cc(I)c(N2CCCCCc3ccccc3C2=O)c(=O)[nH]1. The molecule has 24 heavy (non-hydrogen) atoms. The quantitative estimate of drug-likeness (QED) is 0.702. The number of pyridine rings is 1. The average Bonchev–Trinajstić information content (AvgIpc) is 2.65. The fourth-order valence-electron chi connectivity index (χ4n) is 3.00. The van der Waals surface area contributed by atoms with Gasteiger partial charge in [0, 0.05) is 15.7 Å². The van der Waals surface area contributed by atoms with Crippen LogP contribution in [0.15, 0.2) is 35.1 Å². The highest BCUT2D eigenvalue weighted by molar-refractivity contribution is 14.1. The first kappa shape index (κ1) is 16.7. The van der Waals surface area contributed by atoms with E-state index in [-0.39, 0.29) is 11.6 Å². The summed E-state index contributed by atoms with van der Waals surface area (Å²) in [5, 5.41) is 8.99. The number of nitriles is 1. The summed E-state index contributed by atoms with van der Waals surface area (Å²) >= 11 is 2.01. The molecule has 0 aliphatic carbocycles. The number of carbonyl (C=O) groups is 1. The Morgan fingerprint density at radius 2 is 1.96 bits per heavy atom. The van der Waals surface area contributed by atoms with Gasteiger partial charge in [-0.25, -0.2) is 0 Å². The van der Waals surface area contributed by atoms with Gasteiger partial charge in [0.15, 0.2) is 0 Å². The molecule has 1 amide bonds.